The van der Waals surface area contributed by atoms with Crippen LogP contribution in [0.5, 0.6) is 0 Å². The van der Waals surface area contributed by atoms with Gasteiger partial charge in [0, 0.05) is 123 Å². The molecule has 15 heteroatoms. The van der Waals surface area contributed by atoms with Crippen molar-refractivity contribution >= 4 is 164 Å². The number of hydrogen-bond acceptors (Lipinski definition) is 6. The van der Waals surface area contributed by atoms with E-state index >= 15 is 0 Å². The summed E-state index contributed by atoms with van der Waals surface area (Å²) in [7, 11) is 0. The summed E-state index contributed by atoms with van der Waals surface area (Å²) >= 11 is 0. The Morgan fingerprint density at radius 2 is 0.554 bits per heavy atom. The van der Waals surface area contributed by atoms with Crippen molar-refractivity contribution in [2.24, 2.45) is 0 Å². The SMILES string of the molecule is CC(=O)CC(C)=O.Fc1cc(F)cc(-c2cnc3c4[c-]cc(-n5c6ccccc6c6ccccc65)cc4c4cc(-n5c6ccccc6c6ccccc65)ccc4c3n2)c1.Fc1cc(F)cc(-c2cnc3c4[c-]cc(-n5c6ccccc6c6ccccc65)cc4c4cc(-n5c6ccccc6c6ccccc65)ccc4c3n2)c1.[Ir+3]. The number of halogens is 4. The van der Waals surface area contributed by atoms with Crippen molar-refractivity contribution in [1.29, 1.82) is 0 Å². The summed E-state index contributed by atoms with van der Waals surface area (Å²) in [4.78, 5) is 39.9. The average molecular weight is 1640 g/mol. The zero-order valence-corrected chi connectivity index (χ0v) is 62.2. The number of carbonyl (C=O) groups excluding carboxylic acids is 2. The molecule has 534 valence electrons. The van der Waals surface area contributed by atoms with Crippen LogP contribution in [0.3, 0.4) is 0 Å². The molecular weight excluding hydrogens is 1580 g/mol. The Bertz CT molecular complexity index is 7020. The standard InChI is InChI=1S/2C46H25F2N4.C5H8O2.Ir/c2*47-28-21-27(22-29(48)23-28)40-26-49-45-36-19-17-30(51-41-13-5-1-9-32(41)33-10-2-6-14-42(33)51)24-38(36)39-25-31(18-20-37(39)46(45)50-40)52-43-15-7-3-11-34(43)35-12-4-8-16-44(35)52;1-4(6)3-5(2)7;/h2*1-18,20-26H;3H2,1-2H3;/q2*-1;;+3. The summed E-state index contributed by atoms with van der Waals surface area (Å²) in [6.45, 7) is 2.81. The van der Waals surface area contributed by atoms with E-state index in [1.165, 1.54) is 81.2 Å². The van der Waals surface area contributed by atoms with E-state index in [2.05, 4.69) is 273 Å². The maximum atomic E-state index is 14.3. The zero-order valence-electron chi connectivity index (χ0n) is 59.8. The van der Waals surface area contributed by atoms with Crippen molar-refractivity contribution in [2.45, 2.75) is 20.3 Å². The number of rotatable bonds is 8. The Balaban J connectivity index is 0.000000138. The van der Waals surface area contributed by atoms with Crippen molar-refractivity contribution < 1.29 is 47.3 Å². The predicted octanol–water partition coefficient (Wildman–Crippen LogP) is 24.3. The summed E-state index contributed by atoms with van der Waals surface area (Å²) in [6.07, 6.45) is 3.26. The maximum absolute atomic E-state index is 14.3. The van der Waals surface area contributed by atoms with Crippen LogP contribution in [-0.4, -0.2) is 49.8 Å². The van der Waals surface area contributed by atoms with Gasteiger partial charge in [0.25, 0.3) is 0 Å². The number of hydrogen-bond donors (Lipinski definition) is 0. The molecule has 0 saturated heterocycles. The number of benzene rings is 16. The number of aromatic nitrogens is 8. The first-order valence-corrected chi connectivity index (χ1v) is 36.4. The Hall–Kier alpha value is -13.9. The van der Waals surface area contributed by atoms with E-state index in [4.69, 9.17) is 19.9 Å². The quantitative estimate of drug-likeness (QED) is 0.0649. The summed E-state index contributed by atoms with van der Waals surface area (Å²) in [6, 6.07) is 103. The molecule has 0 aliphatic rings. The molecule has 22 aromatic rings. The van der Waals surface area contributed by atoms with Crippen LogP contribution in [0.4, 0.5) is 17.6 Å². The van der Waals surface area contributed by atoms with E-state index in [0.717, 1.165) is 122 Å². The van der Waals surface area contributed by atoms with Crippen LogP contribution in [0, 0.1) is 35.4 Å². The fourth-order valence-corrected chi connectivity index (χ4v) is 16.6. The summed E-state index contributed by atoms with van der Waals surface area (Å²) in [5.74, 6) is -2.78. The minimum atomic E-state index is -0.665. The van der Waals surface area contributed by atoms with Gasteiger partial charge >= 0.3 is 20.1 Å². The molecule has 6 aromatic heterocycles. The zero-order chi connectivity index (χ0) is 74.9. The van der Waals surface area contributed by atoms with Gasteiger partial charge in [-0.25, -0.2) is 17.6 Å². The van der Waals surface area contributed by atoms with Crippen molar-refractivity contribution in [1.82, 2.24) is 38.2 Å². The molecule has 0 amide bonds. The predicted molar refractivity (Wildman–Crippen MR) is 441 cm³/mol. The molecule has 0 saturated carbocycles. The Kier molecular flexibility index (Phi) is 16.8. The molecule has 22 rings (SSSR count). The number of Topliss-reactive ketones (excluding diaryl/α,β-unsaturated/α-hetero) is 2. The van der Waals surface area contributed by atoms with E-state index in [1.54, 1.807) is 12.4 Å². The van der Waals surface area contributed by atoms with Crippen LogP contribution in [0.2, 0.25) is 0 Å². The van der Waals surface area contributed by atoms with Gasteiger partial charge in [-0.05, 0) is 144 Å². The summed E-state index contributed by atoms with van der Waals surface area (Å²) in [5.41, 5.74) is 16.9. The number of nitrogens with zero attached hydrogens (tertiary/aromatic N) is 8. The third-order valence-corrected chi connectivity index (χ3v) is 21.1. The van der Waals surface area contributed by atoms with E-state index in [0.29, 0.717) is 44.6 Å². The second-order valence-corrected chi connectivity index (χ2v) is 28.0. The molecule has 0 bridgehead atoms. The first-order valence-electron chi connectivity index (χ1n) is 36.4. The largest absolute Gasteiger partial charge is 3.00 e. The number of fused-ring (bicyclic) bond motifs is 24. The van der Waals surface area contributed by atoms with Gasteiger partial charge in [0.2, 0.25) is 0 Å². The molecule has 0 unspecified atom stereocenters. The van der Waals surface area contributed by atoms with Gasteiger partial charge < -0.3 is 28.2 Å². The first kappa shape index (κ1) is 68.7. The number of para-hydroxylation sites is 8. The molecule has 6 heterocycles. The van der Waals surface area contributed by atoms with E-state index in [9.17, 15) is 27.2 Å². The van der Waals surface area contributed by atoms with Crippen molar-refractivity contribution in [3.63, 3.8) is 0 Å². The Morgan fingerprint density at radius 3 is 0.821 bits per heavy atom. The van der Waals surface area contributed by atoms with Crippen LogP contribution >= 0.6 is 0 Å². The topological polar surface area (TPSA) is 105 Å². The normalized spacial score (nSPS) is 11.7. The molecule has 0 aliphatic heterocycles. The van der Waals surface area contributed by atoms with Crippen LogP contribution in [-0.2, 0) is 29.7 Å². The molecule has 16 aromatic carbocycles. The van der Waals surface area contributed by atoms with Crippen LogP contribution in [0.1, 0.15) is 20.3 Å². The fourth-order valence-electron chi connectivity index (χ4n) is 16.6. The number of carbonyl (C=O) groups is 2. The molecule has 0 atom stereocenters. The van der Waals surface area contributed by atoms with E-state index in [1.807, 2.05) is 12.1 Å². The second-order valence-electron chi connectivity index (χ2n) is 28.0. The smallest absolute Gasteiger partial charge is 0.351 e. The van der Waals surface area contributed by atoms with Gasteiger partial charge in [0.1, 0.15) is 34.8 Å². The summed E-state index contributed by atoms with van der Waals surface area (Å²) in [5, 5.41) is 16.7. The third-order valence-electron chi connectivity index (χ3n) is 21.1. The first-order chi connectivity index (χ1) is 54.3. The van der Waals surface area contributed by atoms with Crippen molar-refractivity contribution in [3.05, 3.63) is 339 Å². The molecule has 0 radical (unpaired) electrons. The Labute approximate surface area is 649 Å². The van der Waals surface area contributed by atoms with Gasteiger partial charge in [0.15, 0.2) is 0 Å². The third kappa shape index (κ3) is 11.4. The number of ketones is 2. The van der Waals surface area contributed by atoms with Gasteiger partial charge in [-0.3, -0.25) is 19.6 Å². The van der Waals surface area contributed by atoms with Crippen LogP contribution in [0.15, 0.2) is 304 Å². The Morgan fingerprint density at radius 1 is 0.295 bits per heavy atom. The molecular formula is C97H58F4IrN8O2+. The van der Waals surface area contributed by atoms with Crippen molar-refractivity contribution in [3.8, 4) is 45.3 Å². The minimum Gasteiger partial charge on any atom is -0.351 e. The maximum Gasteiger partial charge on any atom is 3.00 e. The minimum absolute atomic E-state index is 0. The molecule has 112 heavy (non-hydrogen) atoms. The monoisotopic (exact) mass is 1640 g/mol. The van der Waals surface area contributed by atoms with Gasteiger partial charge in [-0.1, -0.05) is 168 Å². The van der Waals surface area contributed by atoms with Gasteiger partial charge in [-0.2, -0.15) is 0 Å². The van der Waals surface area contributed by atoms with Gasteiger partial charge in [-0.15, -0.1) is 47.2 Å². The molecule has 10 nitrogen and oxygen atoms in total. The fraction of sp³-hybridized carbons (Fsp3) is 0.0309. The molecule has 0 aliphatic carbocycles. The van der Waals surface area contributed by atoms with Gasteiger partial charge in [0.05, 0.1) is 50.9 Å². The van der Waals surface area contributed by atoms with E-state index in [-0.39, 0.29) is 38.1 Å². The summed E-state index contributed by atoms with van der Waals surface area (Å²) < 4.78 is 66.6. The van der Waals surface area contributed by atoms with Crippen LogP contribution in [0.25, 0.3) is 198 Å². The molecule has 0 spiro atoms. The second kappa shape index (κ2) is 27.4. The molecule has 0 fully saturated rings. The van der Waals surface area contributed by atoms with Crippen LogP contribution < -0.4 is 0 Å². The van der Waals surface area contributed by atoms with E-state index < -0.39 is 23.3 Å². The average Bonchev–Trinajstić information content (AvgIpc) is 1.000. The molecule has 0 N–H and O–H groups in total. The van der Waals surface area contributed by atoms with Crippen molar-refractivity contribution in [2.75, 3.05) is 0 Å².